The zero-order valence-corrected chi connectivity index (χ0v) is 14.1. The van der Waals surface area contributed by atoms with Crippen LogP contribution in [0, 0.1) is 6.92 Å². The first kappa shape index (κ1) is 15.1. The topological polar surface area (TPSA) is 37.4 Å². The molecule has 0 saturated heterocycles. The standard InChI is InChI=1S/C17H17NO2S2/c1-3-18(15-6-9-17-14(12-15)10-11-21-17)22(19,20)16-7-4-13(2)5-8-16/h4-12H,3H2,1-2H3. The molecule has 22 heavy (non-hydrogen) atoms. The lowest BCUT2D eigenvalue weighted by molar-refractivity contribution is 0.592. The fourth-order valence-corrected chi connectivity index (χ4v) is 4.67. The van der Waals surface area contributed by atoms with Gasteiger partial charge in [-0.1, -0.05) is 17.7 Å². The second-order valence-electron chi connectivity index (χ2n) is 5.13. The SMILES string of the molecule is CCN(c1ccc2sccc2c1)S(=O)(=O)c1ccc(C)cc1. The van der Waals surface area contributed by atoms with Crippen molar-refractivity contribution in [3.05, 3.63) is 59.5 Å². The molecular weight excluding hydrogens is 314 g/mol. The van der Waals surface area contributed by atoms with E-state index in [1.54, 1.807) is 23.5 Å². The molecule has 3 rings (SSSR count). The van der Waals surface area contributed by atoms with Crippen molar-refractivity contribution in [2.45, 2.75) is 18.7 Å². The molecule has 0 N–H and O–H groups in total. The van der Waals surface area contributed by atoms with Crippen molar-refractivity contribution in [1.29, 1.82) is 0 Å². The first-order valence-corrected chi connectivity index (χ1v) is 9.41. The van der Waals surface area contributed by atoms with E-state index in [0.717, 1.165) is 15.6 Å². The highest BCUT2D eigenvalue weighted by atomic mass is 32.2. The molecule has 0 aliphatic carbocycles. The molecule has 0 amide bonds. The molecule has 3 aromatic rings. The lowest BCUT2D eigenvalue weighted by Gasteiger charge is -2.23. The van der Waals surface area contributed by atoms with Crippen LogP contribution < -0.4 is 4.31 Å². The van der Waals surface area contributed by atoms with Crippen molar-refractivity contribution >= 4 is 37.1 Å². The number of benzene rings is 2. The maximum atomic E-state index is 12.9. The van der Waals surface area contributed by atoms with Gasteiger partial charge in [-0.25, -0.2) is 8.42 Å². The van der Waals surface area contributed by atoms with Gasteiger partial charge in [-0.2, -0.15) is 0 Å². The average molecular weight is 331 g/mol. The molecule has 0 atom stereocenters. The molecule has 1 aromatic heterocycles. The molecule has 0 aliphatic heterocycles. The predicted octanol–water partition coefficient (Wildman–Crippen LogP) is 4.42. The van der Waals surface area contributed by atoms with E-state index in [2.05, 4.69) is 0 Å². The molecule has 0 saturated carbocycles. The Bertz CT molecular complexity index is 896. The number of sulfonamides is 1. The maximum Gasteiger partial charge on any atom is 0.264 e. The van der Waals surface area contributed by atoms with Gasteiger partial charge in [0.2, 0.25) is 0 Å². The maximum absolute atomic E-state index is 12.9. The van der Waals surface area contributed by atoms with Gasteiger partial charge in [0.05, 0.1) is 10.6 Å². The number of hydrogen-bond acceptors (Lipinski definition) is 3. The van der Waals surface area contributed by atoms with E-state index in [4.69, 9.17) is 0 Å². The zero-order valence-electron chi connectivity index (χ0n) is 12.5. The fourth-order valence-electron chi connectivity index (χ4n) is 2.44. The van der Waals surface area contributed by atoms with E-state index in [1.165, 1.54) is 4.31 Å². The van der Waals surface area contributed by atoms with E-state index in [0.29, 0.717) is 17.1 Å². The van der Waals surface area contributed by atoms with Crippen LogP contribution in [0.1, 0.15) is 12.5 Å². The third-order valence-corrected chi connectivity index (χ3v) is 6.44. The van der Waals surface area contributed by atoms with Gasteiger partial charge in [-0.3, -0.25) is 4.31 Å². The molecule has 0 fully saturated rings. The summed E-state index contributed by atoms with van der Waals surface area (Å²) < 4.78 is 28.4. The van der Waals surface area contributed by atoms with Crippen LogP contribution in [0.25, 0.3) is 10.1 Å². The Morgan fingerprint density at radius 1 is 1.05 bits per heavy atom. The third kappa shape index (κ3) is 2.62. The Balaban J connectivity index is 2.07. The van der Waals surface area contributed by atoms with E-state index >= 15 is 0 Å². The molecule has 0 radical (unpaired) electrons. The molecular formula is C17H17NO2S2. The van der Waals surface area contributed by atoms with Crippen LogP contribution in [0.2, 0.25) is 0 Å². The zero-order chi connectivity index (χ0) is 15.7. The quantitative estimate of drug-likeness (QED) is 0.709. The second kappa shape index (κ2) is 5.74. The minimum absolute atomic E-state index is 0.324. The van der Waals surface area contributed by atoms with E-state index in [9.17, 15) is 8.42 Å². The monoisotopic (exact) mass is 331 g/mol. The van der Waals surface area contributed by atoms with E-state index in [1.807, 2.05) is 55.6 Å². The van der Waals surface area contributed by atoms with Crippen molar-refractivity contribution in [1.82, 2.24) is 0 Å². The summed E-state index contributed by atoms with van der Waals surface area (Å²) in [4.78, 5) is 0.324. The Morgan fingerprint density at radius 2 is 1.77 bits per heavy atom. The summed E-state index contributed by atoms with van der Waals surface area (Å²) in [6.45, 7) is 4.19. The number of rotatable bonds is 4. The Kier molecular flexibility index (Phi) is 3.93. The largest absolute Gasteiger partial charge is 0.267 e. The van der Waals surface area contributed by atoms with Gasteiger partial charge in [-0.15, -0.1) is 11.3 Å². The normalized spacial score (nSPS) is 11.7. The van der Waals surface area contributed by atoms with Crippen LogP contribution in [-0.4, -0.2) is 15.0 Å². The molecule has 3 nitrogen and oxygen atoms in total. The van der Waals surface area contributed by atoms with Crippen LogP contribution in [0.4, 0.5) is 5.69 Å². The summed E-state index contributed by atoms with van der Waals surface area (Å²) in [5, 5.41) is 3.08. The minimum Gasteiger partial charge on any atom is -0.267 e. The smallest absolute Gasteiger partial charge is 0.264 e. The summed E-state index contributed by atoms with van der Waals surface area (Å²) in [7, 11) is -3.54. The number of anilines is 1. The summed E-state index contributed by atoms with van der Waals surface area (Å²) >= 11 is 1.65. The van der Waals surface area contributed by atoms with Crippen molar-refractivity contribution in [2.24, 2.45) is 0 Å². The Labute approximate surface area is 134 Å². The molecule has 0 unspecified atom stereocenters. The average Bonchev–Trinajstić information content (AvgIpc) is 2.96. The second-order valence-corrected chi connectivity index (χ2v) is 7.94. The number of aryl methyl sites for hydroxylation is 1. The van der Waals surface area contributed by atoms with Crippen LogP contribution in [0.15, 0.2) is 58.8 Å². The highest BCUT2D eigenvalue weighted by Gasteiger charge is 2.23. The molecule has 114 valence electrons. The molecule has 1 heterocycles. The van der Waals surface area contributed by atoms with Gasteiger partial charge >= 0.3 is 0 Å². The van der Waals surface area contributed by atoms with Crippen LogP contribution in [0.3, 0.4) is 0 Å². The Morgan fingerprint density at radius 3 is 2.45 bits per heavy atom. The predicted molar refractivity (Wildman–Crippen MR) is 93.2 cm³/mol. The van der Waals surface area contributed by atoms with Crippen molar-refractivity contribution in [3.8, 4) is 0 Å². The van der Waals surface area contributed by atoms with Crippen molar-refractivity contribution in [3.63, 3.8) is 0 Å². The first-order chi connectivity index (χ1) is 10.5. The third-order valence-electron chi connectivity index (χ3n) is 3.62. The highest BCUT2D eigenvalue weighted by Crippen LogP contribution is 2.29. The summed E-state index contributed by atoms with van der Waals surface area (Å²) in [5.74, 6) is 0. The van der Waals surface area contributed by atoms with Crippen LogP contribution >= 0.6 is 11.3 Å². The van der Waals surface area contributed by atoms with Crippen LogP contribution in [-0.2, 0) is 10.0 Å². The van der Waals surface area contributed by atoms with Crippen molar-refractivity contribution in [2.75, 3.05) is 10.8 Å². The molecule has 0 bridgehead atoms. The van der Waals surface area contributed by atoms with Gasteiger partial charge in [0.15, 0.2) is 0 Å². The first-order valence-electron chi connectivity index (χ1n) is 7.09. The molecule has 0 spiro atoms. The molecule has 5 heteroatoms. The van der Waals surface area contributed by atoms with E-state index in [-0.39, 0.29) is 0 Å². The van der Waals surface area contributed by atoms with Gasteiger partial charge in [0, 0.05) is 11.2 Å². The molecule has 0 aliphatic rings. The minimum atomic E-state index is -3.54. The van der Waals surface area contributed by atoms with Gasteiger partial charge in [-0.05, 0) is 61.0 Å². The van der Waals surface area contributed by atoms with Gasteiger partial charge in [0.25, 0.3) is 10.0 Å². The fraction of sp³-hybridized carbons (Fsp3) is 0.176. The van der Waals surface area contributed by atoms with E-state index < -0.39 is 10.0 Å². The lowest BCUT2D eigenvalue weighted by Crippen LogP contribution is -2.30. The number of hydrogen-bond donors (Lipinski definition) is 0. The summed E-state index contributed by atoms with van der Waals surface area (Å²) in [6.07, 6.45) is 0. The Hall–Kier alpha value is -1.85. The van der Waals surface area contributed by atoms with Crippen LogP contribution in [0.5, 0.6) is 0 Å². The summed E-state index contributed by atoms with van der Waals surface area (Å²) in [6, 6.07) is 14.8. The number of fused-ring (bicyclic) bond motifs is 1. The number of nitrogens with zero attached hydrogens (tertiary/aromatic N) is 1. The van der Waals surface area contributed by atoms with Crippen molar-refractivity contribution < 1.29 is 8.42 Å². The van der Waals surface area contributed by atoms with Gasteiger partial charge < -0.3 is 0 Å². The lowest BCUT2D eigenvalue weighted by atomic mass is 10.2. The molecule has 2 aromatic carbocycles. The number of thiophene rings is 1. The highest BCUT2D eigenvalue weighted by molar-refractivity contribution is 7.92. The van der Waals surface area contributed by atoms with Gasteiger partial charge in [0.1, 0.15) is 0 Å². The summed E-state index contributed by atoms with van der Waals surface area (Å²) in [5.41, 5.74) is 1.75.